The molecule has 1 aromatic heterocycles. The molecule has 1 aliphatic rings. The Morgan fingerprint density at radius 1 is 1.00 bits per heavy atom. The molecular formula is C25H29N3O2. The monoisotopic (exact) mass is 403 g/mol. The molecule has 1 saturated heterocycles. The molecule has 1 fully saturated rings. The van der Waals surface area contributed by atoms with E-state index in [2.05, 4.69) is 24.0 Å². The second kappa shape index (κ2) is 9.24. The fourth-order valence-corrected chi connectivity index (χ4v) is 4.16. The van der Waals surface area contributed by atoms with Crippen molar-refractivity contribution in [3.8, 4) is 0 Å². The van der Waals surface area contributed by atoms with Gasteiger partial charge in [0.05, 0.1) is 11.0 Å². The summed E-state index contributed by atoms with van der Waals surface area (Å²) in [5.74, 6) is 0.820. The molecule has 4 rings (SSSR count). The van der Waals surface area contributed by atoms with Crippen LogP contribution in [0.2, 0.25) is 0 Å². The van der Waals surface area contributed by atoms with E-state index in [0.29, 0.717) is 31.0 Å². The Balaban J connectivity index is 1.54. The topological polar surface area (TPSA) is 55.2 Å². The van der Waals surface area contributed by atoms with Crippen LogP contribution in [-0.2, 0) is 24.2 Å². The largest absolute Gasteiger partial charge is 0.343 e. The first-order chi connectivity index (χ1) is 14.6. The van der Waals surface area contributed by atoms with Crippen molar-refractivity contribution in [2.75, 3.05) is 13.1 Å². The molecule has 0 radical (unpaired) electrons. The molecular weight excluding hydrogens is 374 g/mol. The molecule has 1 aliphatic heterocycles. The number of likely N-dealkylation sites (tertiary alicyclic amines) is 1. The summed E-state index contributed by atoms with van der Waals surface area (Å²) < 4.78 is 1.82. The molecule has 0 bridgehead atoms. The minimum atomic E-state index is -0.0790. The second-order valence-corrected chi connectivity index (χ2v) is 8.30. The second-order valence-electron chi connectivity index (χ2n) is 8.30. The number of carbonyl (C=O) groups excluding carboxylic acids is 1. The molecule has 0 atom stereocenters. The van der Waals surface area contributed by atoms with Crippen molar-refractivity contribution in [3.63, 3.8) is 0 Å². The van der Waals surface area contributed by atoms with Gasteiger partial charge in [0.15, 0.2) is 0 Å². The Kier molecular flexibility index (Phi) is 6.26. The fourth-order valence-electron chi connectivity index (χ4n) is 4.16. The van der Waals surface area contributed by atoms with Crippen LogP contribution in [0.5, 0.6) is 0 Å². The number of aryl methyl sites for hydroxylation is 3. The summed E-state index contributed by atoms with van der Waals surface area (Å²) in [6.07, 6.45) is 3.63. The van der Waals surface area contributed by atoms with Crippen molar-refractivity contribution < 1.29 is 4.79 Å². The molecule has 3 aromatic rings. The standard InChI is InChI=1S/C25H29N3O2/c1-19-13-16-27(17-14-19)24(29)12-11-22-25(30)28(18-15-20-7-3-2-4-8-20)23-10-6-5-9-21(23)26-22/h2-10,19H,11-18H2,1H3. The van der Waals surface area contributed by atoms with Crippen molar-refractivity contribution in [2.24, 2.45) is 5.92 Å². The lowest BCUT2D eigenvalue weighted by Crippen LogP contribution is -2.38. The molecule has 2 aromatic carbocycles. The normalized spacial score (nSPS) is 14.9. The van der Waals surface area contributed by atoms with Gasteiger partial charge >= 0.3 is 0 Å². The van der Waals surface area contributed by atoms with Crippen LogP contribution in [0.25, 0.3) is 11.0 Å². The fraction of sp³-hybridized carbons (Fsp3) is 0.400. The number of fused-ring (bicyclic) bond motifs is 1. The van der Waals surface area contributed by atoms with Crippen LogP contribution in [0.3, 0.4) is 0 Å². The van der Waals surface area contributed by atoms with E-state index >= 15 is 0 Å². The summed E-state index contributed by atoms with van der Waals surface area (Å²) in [4.78, 5) is 32.4. The van der Waals surface area contributed by atoms with Gasteiger partial charge in [-0.05, 0) is 42.9 Å². The number of carbonyl (C=O) groups is 1. The maximum absolute atomic E-state index is 13.2. The third-order valence-corrected chi connectivity index (χ3v) is 6.10. The first-order valence-corrected chi connectivity index (χ1v) is 10.9. The molecule has 2 heterocycles. The maximum atomic E-state index is 13.2. The summed E-state index contributed by atoms with van der Waals surface area (Å²) in [5, 5.41) is 0. The number of benzene rings is 2. The van der Waals surface area contributed by atoms with Gasteiger partial charge < -0.3 is 9.47 Å². The molecule has 0 unspecified atom stereocenters. The third kappa shape index (κ3) is 4.61. The summed E-state index contributed by atoms with van der Waals surface area (Å²) in [5.41, 5.74) is 3.25. The first kappa shape index (κ1) is 20.3. The molecule has 5 heteroatoms. The summed E-state index contributed by atoms with van der Waals surface area (Å²) in [6.45, 7) is 4.48. The van der Waals surface area contributed by atoms with Crippen molar-refractivity contribution in [3.05, 3.63) is 76.2 Å². The molecule has 0 N–H and O–H groups in total. The lowest BCUT2D eigenvalue weighted by molar-refractivity contribution is -0.132. The zero-order valence-electron chi connectivity index (χ0n) is 17.6. The van der Waals surface area contributed by atoms with Gasteiger partial charge in [0, 0.05) is 32.5 Å². The van der Waals surface area contributed by atoms with Crippen LogP contribution in [0, 0.1) is 5.92 Å². The highest BCUT2D eigenvalue weighted by Crippen LogP contribution is 2.17. The Morgan fingerprint density at radius 2 is 1.70 bits per heavy atom. The highest BCUT2D eigenvalue weighted by Gasteiger charge is 2.21. The maximum Gasteiger partial charge on any atom is 0.272 e. The van der Waals surface area contributed by atoms with Gasteiger partial charge in [-0.1, -0.05) is 49.4 Å². The van der Waals surface area contributed by atoms with Crippen LogP contribution >= 0.6 is 0 Å². The van der Waals surface area contributed by atoms with Crippen molar-refractivity contribution in [2.45, 2.75) is 45.6 Å². The van der Waals surface area contributed by atoms with Crippen LogP contribution in [0.15, 0.2) is 59.4 Å². The van der Waals surface area contributed by atoms with Gasteiger partial charge in [0.25, 0.3) is 5.56 Å². The average molecular weight is 404 g/mol. The predicted molar refractivity (Wildman–Crippen MR) is 119 cm³/mol. The number of nitrogens with zero attached hydrogens (tertiary/aromatic N) is 3. The van der Waals surface area contributed by atoms with E-state index in [4.69, 9.17) is 0 Å². The van der Waals surface area contributed by atoms with Crippen molar-refractivity contribution >= 4 is 16.9 Å². The molecule has 0 saturated carbocycles. The van der Waals surface area contributed by atoms with E-state index in [-0.39, 0.29) is 11.5 Å². The molecule has 156 valence electrons. The van der Waals surface area contributed by atoms with E-state index in [9.17, 15) is 9.59 Å². The summed E-state index contributed by atoms with van der Waals surface area (Å²) >= 11 is 0. The van der Waals surface area contributed by atoms with Gasteiger partial charge in [0.1, 0.15) is 5.69 Å². The Bertz CT molecular complexity index is 1070. The highest BCUT2D eigenvalue weighted by atomic mass is 16.2. The van der Waals surface area contributed by atoms with Gasteiger partial charge in [-0.25, -0.2) is 4.98 Å². The molecule has 30 heavy (non-hydrogen) atoms. The SMILES string of the molecule is CC1CCN(C(=O)CCc2nc3ccccc3n(CCc3ccccc3)c2=O)CC1. The third-order valence-electron chi connectivity index (χ3n) is 6.10. The smallest absolute Gasteiger partial charge is 0.272 e. The average Bonchev–Trinajstić information content (AvgIpc) is 2.78. The molecule has 0 spiro atoms. The van der Waals surface area contributed by atoms with E-state index in [1.54, 1.807) is 0 Å². The van der Waals surface area contributed by atoms with Crippen molar-refractivity contribution in [1.82, 2.24) is 14.5 Å². The summed E-state index contributed by atoms with van der Waals surface area (Å²) in [6, 6.07) is 17.9. The number of hydrogen-bond donors (Lipinski definition) is 0. The summed E-state index contributed by atoms with van der Waals surface area (Å²) in [7, 11) is 0. The Morgan fingerprint density at radius 3 is 2.47 bits per heavy atom. The number of piperidine rings is 1. The Labute approximate surface area is 177 Å². The lowest BCUT2D eigenvalue weighted by atomic mass is 9.99. The highest BCUT2D eigenvalue weighted by molar-refractivity contribution is 5.77. The van der Waals surface area contributed by atoms with Gasteiger partial charge in [-0.15, -0.1) is 0 Å². The van der Waals surface area contributed by atoms with E-state index in [1.165, 1.54) is 5.56 Å². The number of para-hydroxylation sites is 2. The van der Waals surface area contributed by atoms with Crippen molar-refractivity contribution in [1.29, 1.82) is 0 Å². The minimum Gasteiger partial charge on any atom is -0.343 e. The van der Waals surface area contributed by atoms with Gasteiger partial charge in [-0.3, -0.25) is 9.59 Å². The lowest BCUT2D eigenvalue weighted by Gasteiger charge is -2.30. The van der Waals surface area contributed by atoms with E-state index in [0.717, 1.165) is 43.4 Å². The number of amides is 1. The van der Waals surface area contributed by atoms with Crippen LogP contribution < -0.4 is 5.56 Å². The van der Waals surface area contributed by atoms with E-state index < -0.39 is 0 Å². The van der Waals surface area contributed by atoms with Crippen LogP contribution in [0.4, 0.5) is 0 Å². The molecule has 1 amide bonds. The zero-order valence-corrected chi connectivity index (χ0v) is 17.6. The minimum absolute atomic E-state index is 0.0790. The first-order valence-electron chi connectivity index (χ1n) is 10.9. The predicted octanol–water partition coefficient (Wildman–Crippen LogP) is 3.83. The Hall–Kier alpha value is -2.95. The quantitative estimate of drug-likeness (QED) is 0.629. The zero-order chi connectivity index (χ0) is 20.9. The van der Waals surface area contributed by atoms with Gasteiger partial charge in [0.2, 0.25) is 5.91 Å². The molecule has 0 aliphatic carbocycles. The van der Waals surface area contributed by atoms with Crippen LogP contribution in [0.1, 0.15) is 37.4 Å². The number of aromatic nitrogens is 2. The van der Waals surface area contributed by atoms with Gasteiger partial charge in [-0.2, -0.15) is 0 Å². The van der Waals surface area contributed by atoms with Crippen LogP contribution in [-0.4, -0.2) is 33.4 Å². The van der Waals surface area contributed by atoms with E-state index in [1.807, 2.05) is 51.9 Å². The number of rotatable bonds is 6. The number of hydrogen-bond acceptors (Lipinski definition) is 3. The molecule has 5 nitrogen and oxygen atoms in total.